The van der Waals surface area contributed by atoms with Gasteiger partial charge in [0.2, 0.25) is 0 Å². The van der Waals surface area contributed by atoms with Crippen molar-refractivity contribution in [3.8, 4) is 0 Å². The van der Waals surface area contributed by atoms with Gasteiger partial charge in [-0.25, -0.2) is 4.39 Å². The minimum atomic E-state index is -0.681. The van der Waals surface area contributed by atoms with Crippen molar-refractivity contribution in [2.75, 3.05) is 0 Å². The van der Waals surface area contributed by atoms with Gasteiger partial charge >= 0.3 is 0 Å². The van der Waals surface area contributed by atoms with Gasteiger partial charge in [0.05, 0.1) is 11.1 Å². The Morgan fingerprint density at radius 2 is 1.84 bits per heavy atom. The summed E-state index contributed by atoms with van der Waals surface area (Å²) in [5, 5.41) is 10.4. The van der Waals surface area contributed by atoms with E-state index in [1.165, 1.54) is 6.07 Å². The zero-order chi connectivity index (χ0) is 14.0. The normalized spacial score (nSPS) is 12.5. The van der Waals surface area contributed by atoms with Crippen molar-refractivity contribution in [3.05, 3.63) is 69.5 Å². The highest BCUT2D eigenvalue weighted by molar-refractivity contribution is 6.31. The largest absolute Gasteiger partial charge is 0.388 e. The second-order valence-electron chi connectivity index (χ2n) is 4.72. The first-order valence-electron chi connectivity index (χ1n) is 6.17. The van der Waals surface area contributed by atoms with E-state index in [0.717, 1.165) is 16.7 Å². The molecular formula is C16H16ClFO. The quantitative estimate of drug-likeness (QED) is 0.884. The highest BCUT2D eigenvalue weighted by atomic mass is 35.5. The first-order valence-corrected chi connectivity index (χ1v) is 6.55. The molecular weight excluding hydrogens is 263 g/mol. The third-order valence-corrected chi connectivity index (χ3v) is 3.87. The maximum Gasteiger partial charge on any atom is 0.142 e. The van der Waals surface area contributed by atoms with Gasteiger partial charge in [-0.05, 0) is 42.2 Å². The van der Waals surface area contributed by atoms with Crippen LogP contribution in [-0.4, -0.2) is 5.11 Å². The van der Waals surface area contributed by atoms with Gasteiger partial charge in [0.15, 0.2) is 0 Å². The summed E-state index contributed by atoms with van der Waals surface area (Å²) < 4.78 is 13.4. The van der Waals surface area contributed by atoms with Crippen molar-refractivity contribution >= 4 is 11.6 Å². The third kappa shape index (κ3) is 2.96. The summed E-state index contributed by atoms with van der Waals surface area (Å²) in [5.41, 5.74) is 3.67. The first kappa shape index (κ1) is 14.0. The van der Waals surface area contributed by atoms with E-state index in [9.17, 15) is 9.50 Å². The molecule has 2 aromatic rings. The molecule has 19 heavy (non-hydrogen) atoms. The second kappa shape index (κ2) is 5.72. The van der Waals surface area contributed by atoms with E-state index in [2.05, 4.69) is 0 Å². The van der Waals surface area contributed by atoms with E-state index in [1.54, 1.807) is 12.1 Å². The Kier molecular flexibility index (Phi) is 4.23. The van der Waals surface area contributed by atoms with Crippen LogP contribution in [0.15, 0.2) is 36.4 Å². The number of aliphatic hydroxyl groups is 1. The molecule has 1 nitrogen and oxygen atoms in total. The van der Waals surface area contributed by atoms with Crippen LogP contribution in [-0.2, 0) is 6.42 Å². The van der Waals surface area contributed by atoms with Crippen molar-refractivity contribution in [2.24, 2.45) is 0 Å². The standard InChI is InChI=1S/C16H16ClFO/c1-10-5-3-7-13(11(10)2)15(19)9-12-6-4-8-14(18)16(12)17/h3-8,15,19H,9H2,1-2H3. The van der Waals surface area contributed by atoms with Crippen molar-refractivity contribution in [1.29, 1.82) is 0 Å². The Hall–Kier alpha value is -1.38. The van der Waals surface area contributed by atoms with E-state index in [-0.39, 0.29) is 5.02 Å². The number of aliphatic hydroxyl groups excluding tert-OH is 1. The Labute approximate surface area is 117 Å². The SMILES string of the molecule is Cc1cccc(C(O)Cc2cccc(F)c2Cl)c1C. The zero-order valence-electron chi connectivity index (χ0n) is 11.0. The van der Waals surface area contributed by atoms with E-state index in [1.807, 2.05) is 32.0 Å². The van der Waals surface area contributed by atoms with Gasteiger partial charge in [-0.15, -0.1) is 0 Å². The molecule has 2 rings (SSSR count). The summed E-state index contributed by atoms with van der Waals surface area (Å²) in [6, 6.07) is 10.5. The molecule has 0 heterocycles. The van der Waals surface area contributed by atoms with Gasteiger partial charge in [0.25, 0.3) is 0 Å². The predicted molar refractivity (Wildman–Crippen MR) is 76.0 cm³/mol. The topological polar surface area (TPSA) is 20.2 Å². The minimum absolute atomic E-state index is 0.0897. The molecule has 1 atom stereocenters. The Bertz CT molecular complexity index is 595. The average Bonchev–Trinajstić information content (AvgIpc) is 2.38. The number of rotatable bonds is 3. The van der Waals surface area contributed by atoms with Gasteiger partial charge in [-0.2, -0.15) is 0 Å². The van der Waals surface area contributed by atoms with Crippen LogP contribution in [0.3, 0.4) is 0 Å². The first-order chi connectivity index (χ1) is 9.00. The molecule has 0 spiro atoms. The number of benzene rings is 2. The number of aryl methyl sites for hydroxylation is 1. The van der Waals surface area contributed by atoms with Crippen LogP contribution in [0.5, 0.6) is 0 Å². The highest BCUT2D eigenvalue weighted by Crippen LogP contribution is 2.27. The second-order valence-corrected chi connectivity index (χ2v) is 5.10. The van der Waals surface area contributed by atoms with Crippen LogP contribution < -0.4 is 0 Å². The molecule has 1 unspecified atom stereocenters. The lowest BCUT2D eigenvalue weighted by Crippen LogP contribution is -2.05. The van der Waals surface area contributed by atoms with E-state index < -0.39 is 11.9 Å². The maximum atomic E-state index is 13.4. The molecule has 3 heteroatoms. The zero-order valence-corrected chi connectivity index (χ0v) is 11.7. The molecule has 0 aromatic heterocycles. The molecule has 0 aliphatic heterocycles. The van der Waals surface area contributed by atoms with Crippen LogP contribution in [0.2, 0.25) is 5.02 Å². The van der Waals surface area contributed by atoms with Gasteiger partial charge < -0.3 is 5.11 Å². The molecule has 0 saturated carbocycles. The third-order valence-electron chi connectivity index (χ3n) is 3.45. The lowest BCUT2D eigenvalue weighted by molar-refractivity contribution is 0.177. The van der Waals surface area contributed by atoms with Gasteiger partial charge in [0, 0.05) is 6.42 Å². The lowest BCUT2D eigenvalue weighted by Gasteiger charge is -2.16. The van der Waals surface area contributed by atoms with Crippen LogP contribution >= 0.6 is 11.6 Å². The summed E-state index contributed by atoms with van der Waals surface area (Å²) >= 11 is 5.91. The number of halogens is 2. The molecule has 0 bridgehead atoms. The minimum Gasteiger partial charge on any atom is -0.388 e. The van der Waals surface area contributed by atoms with Crippen LogP contribution in [0.4, 0.5) is 4.39 Å². The Balaban J connectivity index is 2.28. The molecule has 0 saturated heterocycles. The van der Waals surface area contributed by atoms with E-state index in [4.69, 9.17) is 11.6 Å². The van der Waals surface area contributed by atoms with Crippen molar-refractivity contribution < 1.29 is 9.50 Å². The maximum absolute atomic E-state index is 13.4. The Morgan fingerprint density at radius 1 is 1.16 bits per heavy atom. The number of hydrogen-bond donors (Lipinski definition) is 1. The molecule has 2 aromatic carbocycles. The van der Waals surface area contributed by atoms with Gasteiger partial charge in [0.1, 0.15) is 5.82 Å². The summed E-state index contributed by atoms with van der Waals surface area (Å²) in [6.45, 7) is 3.97. The summed E-state index contributed by atoms with van der Waals surface area (Å²) in [7, 11) is 0. The molecule has 0 amide bonds. The highest BCUT2D eigenvalue weighted by Gasteiger charge is 2.15. The monoisotopic (exact) mass is 278 g/mol. The fourth-order valence-corrected chi connectivity index (χ4v) is 2.36. The molecule has 0 fully saturated rings. The van der Waals surface area contributed by atoms with Crippen LogP contribution in [0.1, 0.15) is 28.4 Å². The lowest BCUT2D eigenvalue weighted by atomic mass is 9.95. The Morgan fingerprint density at radius 3 is 2.58 bits per heavy atom. The predicted octanol–water partition coefficient (Wildman–Crippen LogP) is 4.37. The van der Waals surface area contributed by atoms with Crippen molar-refractivity contribution in [1.82, 2.24) is 0 Å². The van der Waals surface area contributed by atoms with E-state index in [0.29, 0.717) is 12.0 Å². The van der Waals surface area contributed by atoms with Crippen molar-refractivity contribution in [2.45, 2.75) is 26.4 Å². The molecule has 100 valence electrons. The molecule has 0 radical (unpaired) electrons. The molecule has 0 aliphatic carbocycles. The summed E-state index contributed by atoms with van der Waals surface area (Å²) in [6.07, 6.45) is -0.375. The van der Waals surface area contributed by atoms with E-state index >= 15 is 0 Å². The van der Waals surface area contributed by atoms with Gasteiger partial charge in [-0.3, -0.25) is 0 Å². The fourth-order valence-electron chi connectivity index (χ4n) is 2.16. The van der Waals surface area contributed by atoms with Gasteiger partial charge in [-0.1, -0.05) is 41.9 Å². The van der Waals surface area contributed by atoms with Crippen LogP contribution in [0, 0.1) is 19.7 Å². The average molecular weight is 279 g/mol. The summed E-state index contributed by atoms with van der Waals surface area (Å²) in [4.78, 5) is 0. The van der Waals surface area contributed by atoms with Crippen molar-refractivity contribution in [3.63, 3.8) is 0 Å². The molecule has 0 aliphatic rings. The summed E-state index contributed by atoms with van der Waals surface area (Å²) in [5.74, 6) is -0.452. The van der Waals surface area contributed by atoms with Crippen LogP contribution in [0.25, 0.3) is 0 Å². The smallest absolute Gasteiger partial charge is 0.142 e. The fraction of sp³-hybridized carbons (Fsp3) is 0.250. The molecule has 1 N–H and O–H groups in total. The number of hydrogen-bond acceptors (Lipinski definition) is 1.